The van der Waals surface area contributed by atoms with Crippen LogP contribution in [0, 0.1) is 6.92 Å². The van der Waals surface area contributed by atoms with Gasteiger partial charge in [-0.25, -0.2) is 4.68 Å². The Kier molecular flexibility index (Phi) is 4.94. The van der Waals surface area contributed by atoms with Crippen LogP contribution in [0.1, 0.15) is 45.8 Å². The van der Waals surface area contributed by atoms with Crippen molar-refractivity contribution in [1.82, 2.24) is 24.9 Å². The van der Waals surface area contributed by atoms with Crippen molar-refractivity contribution in [3.8, 4) is 11.5 Å². The van der Waals surface area contributed by atoms with E-state index in [1.807, 2.05) is 6.92 Å². The molecule has 0 saturated carbocycles. The Labute approximate surface area is 186 Å². The number of fused-ring (bicyclic) bond motifs is 2. The second-order valence-electron chi connectivity index (χ2n) is 8.02. The molecule has 2 atom stereocenters. The number of benzene rings is 1. The van der Waals surface area contributed by atoms with E-state index in [1.54, 1.807) is 36.1 Å². The lowest BCUT2D eigenvalue weighted by Crippen LogP contribution is -2.35. The van der Waals surface area contributed by atoms with Gasteiger partial charge in [-0.3, -0.25) is 9.48 Å². The third-order valence-electron chi connectivity index (χ3n) is 6.00. The number of ether oxygens (including phenoxy) is 2. The average Bonchev–Trinajstić information content (AvgIpc) is 3.49. The van der Waals surface area contributed by atoms with Gasteiger partial charge in [-0.15, -0.1) is 0 Å². The lowest BCUT2D eigenvalue weighted by Gasteiger charge is -2.33. The largest absolute Gasteiger partial charge is 0.454 e. The number of anilines is 1. The number of alkyl halides is 3. The Balaban J connectivity index is 1.39. The van der Waals surface area contributed by atoms with Gasteiger partial charge in [-0.2, -0.15) is 23.4 Å². The highest BCUT2D eigenvalue weighted by atomic mass is 19.4. The molecule has 33 heavy (non-hydrogen) atoms. The minimum absolute atomic E-state index is 0.0753. The predicted octanol–water partition coefficient (Wildman–Crippen LogP) is 3.24. The number of halogens is 3. The Morgan fingerprint density at radius 2 is 2.06 bits per heavy atom. The van der Waals surface area contributed by atoms with Crippen molar-refractivity contribution in [1.29, 1.82) is 0 Å². The fourth-order valence-corrected chi connectivity index (χ4v) is 4.02. The van der Waals surface area contributed by atoms with Crippen LogP contribution in [0.25, 0.3) is 0 Å². The van der Waals surface area contributed by atoms with Crippen LogP contribution < -0.4 is 20.1 Å². The van der Waals surface area contributed by atoms with Crippen molar-refractivity contribution in [2.45, 2.75) is 38.1 Å². The Morgan fingerprint density at radius 1 is 1.27 bits per heavy atom. The van der Waals surface area contributed by atoms with E-state index >= 15 is 0 Å². The van der Waals surface area contributed by atoms with E-state index < -0.39 is 24.2 Å². The number of nitrogens with one attached hydrogen (secondary N) is 2. The van der Waals surface area contributed by atoms with Gasteiger partial charge in [-0.05, 0) is 24.6 Å². The molecule has 9 nitrogen and oxygen atoms in total. The maximum Gasteiger partial charge on any atom is 0.410 e. The van der Waals surface area contributed by atoms with Crippen LogP contribution >= 0.6 is 0 Å². The molecule has 2 aliphatic heterocycles. The number of aryl methyl sites for hydroxylation is 1. The van der Waals surface area contributed by atoms with Gasteiger partial charge in [0.2, 0.25) is 6.79 Å². The number of hydrogen-bond acceptors (Lipinski definition) is 6. The van der Waals surface area contributed by atoms with Gasteiger partial charge in [0.15, 0.2) is 23.2 Å². The molecule has 1 amide bonds. The van der Waals surface area contributed by atoms with Gasteiger partial charge in [0.1, 0.15) is 5.82 Å². The molecular formula is C21H21F3N6O3. The van der Waals surface area contributed by atoms with E-state index in [2.05, 4.69) is 20.8 Å². The zero-order chi connectivity index (χ0) is 23.3. The van der Waals surface area contributed by atoms with E-state index in [4.69, 9.17) is 9.47 Å². The molecule has 2 aromatic heterocycles. The number of carbonyl (C=O) groups excluding carboxylic acids is 1. The van der Waals surface area contributed by atoms with Gasteiger partial charge >= 0.3 is 6.18 Å². The molecule has 0 saturated heterocycles. The first kappa shape index (κ1) is 21.2. The minimum atomic E-state index is -4.54. The van der Waals surface area contributed by atoms with E-state index in [9.17, 15) is 18.0 Å². The van der Waals surface area contributed by atoms with Gasteiger partial charge in [0, 0.05) is 37.3 Å². The second kappa shape index (κ2) is 7.71. The van der Waals surface area contributed by atoms with E-state index in [0.717, 1.165) is 15.9 Å². The summed E-state index contributed by atoms with van der Waals surface area (Å²) in [6.45, 7) is 2.13. The summed E-state index contributed by atoms with van der Waals surface area (Å²) in [7, 11) is 1.78. The average molecular weight is 462 g/mol. The summed E-state index contributed by atoms with van der Waals surface area (Å²) in [6, 6.07) is 3.85. The van der Waals surface area contributed by atoms with Crippen LogP contribution in [0.3, 0.4) is 0 Å². The van der Waals surface area contributed by atoms with Gasteiger partial charge in [0.25, 0.3) is 5.91 Å². The monoisotopic (exact) mass is 462 g/mol. The van der Waals surface area contributed by atoms with Crippen molar-refractivity contribution in [3.63, 3.8) is 0 Å². The van der Waals surface area contributed by atoms with Gasteiger partial charge in [-0.1, -0.05) is 6.07 Å². The minimum Gasteiger partial charge on any atom is -0.454 e. The number of carbonyl (C=O) groups is 1. The molecule has 2 N–H and O–H groups in total. The summed E-state index contributed by atoms with van der Waals surface area (Å²) in [5, 5.41) is 13.9. The zero-order valence-corrected chi connectivity index (χ0v) is 17.8. The molecule has 12 heteroatoms. The Bertz CT molecular complexity index is 1220. The van der Waals surface area contributed by atoms with Crippen LogP contribution in [0.4, 0.5) is 19.0 Å². The standard InChI is InChI=1S/C21H21F3N6O3/c1-11-13(9-26-29(11)2)8-25-20(31)15-7-19-27-14(6-18(21(22,23)24)30(19)28-15)12-3-4-16-17(5-12)33-10-32-16/h3-5,7,9,14,18,27H,6,8,10H2,1-2H3,(H,25,31)/t14-,18-/m0/s1. The summed E-state index contributed by atoms with van der Waals surface area (Å²) in [5.74, 6) is 0.592. The first-order valence-corrected chi connectivity index (χ1v) is 10.3. The number of nitrogens with zero attached hydrogens (tertiary/aromatic N) is 4. The number of rotatable bonds is 4. The SMILES string of the molecule is Cc1c(CNC(=O)c2cc3n(n2)[C@H](C(F)(F)F)C[C@@H](c2ccc4c(c2)OCO4)N3)cnn1C. The molecule has 2 aliphatic rings. The predicted molar refractivity (Wildman–Crippen MR) is 110 cm³/mol. The summed E-state index contributed by atoms with van der Waals surface area (Å²) in [4.78, 5) is 12.6. The Hall–Kier alpha value is -3.70. The smallest absolute Gasteiger partial charge is 0.410 e. The van der Waals surface area contributed by atoms with Crippen molar-refractivity contribution < 1.29 is 27.4 Å². The van der Waals surface area contributed by atoms with Crippen molar-refractivity contribution in [2.24, 2.45) is 7.05 Å². The zero-order valence-electron chi connectivity index (χ0n) is 17.8. The molecule has 0 spiro atoms. The van der Waals surface area contributed by atoms with Gasteiger partial charge in [0.05, 0.1) is 12.2 Å². The van der Waals surface area contributed by atoms with E-state index in [-0.39, 0.29) is 31.3 Å². The molecule has 0 aliphatic carbocycles. The van der Waals surface area contributed by atoms with Crippen LogP contribution in [-0.2, 0) is 13.6 Å². The Morgan fingerprint density at radius 3 is 2.79 bits per heavy atom. The summed E-state index contributed by atoms with van der Waals surface area (Å²) in [6.07, 6.45) is -3.20. The molecule has 0 unspecified atom stereocenters. The third kappa shape index (κ3) is 3.85. The van der Waals surface area contributed by atoms with Crippen LogP contribution in [0.2, 0.25) is 0 Å². The summed E-state index contributed by atoms with van der Waals surface area (Å²) >= 11 is 0. The highest BCUT2D eigenvalue weighted by molar-refractivity contribution is 5.93. The third-order valence-corrected chi connectivity index (χ3v) is 6.00. The fourth-order valence-electron chi connectivity index (χ4n) is 4.02. The molecule has 4 heterocycles. The van der Waals surface area contributed by atoms with E-state index in [1.165, 1.54) is 6.07 Å². The lowest BCUT2D eigenvalue weighted by molar-refractivity contribution is -0.173. The summed E-state index contributed by atoms with van der Waals surface area (Å²) in [5.41, 5.74) is 2.22. The maximum absolute atomic E-state index is 13.9. The first-order chi connectivity index (χ1) is 15.7. The highest BCUT2D eigenvalue weighted by Gasteiger charge is 2.47. The second-order valence-corrected chi connectivity index (χ2v) is 8.02. The van der Waals surface area contributed by atoms with Crippen LogP contribution in [-0.4, -0.2) is 38.4 Å². The number of aromatic nitrogens is 4. The molecule has 1 aromatic carbocycles. The first-order valence-electron chi connectivity index (χ1n) is 10.3. The van der Waals surface area contributed by atoms with Crippen molar-refractivity contribution in [3.05, 3.63) is 53.0 Å². The quantitative estimate of drug-likeness (QED) is 0.618. The molecule has 0 radical (unpaired) electrons. The molecule has 0 bridgehead atoms. The topological polar surface area (TPSA) is 95.2 Å². The van der Waals surface area contributed by atoms with Gasteiger partial charge < -0.3 is 20.1 Å². The molecule has 174 valence electrons. The number of amides is 1. The lowest BCUT2D eigenvalue weighted by atomic mass is 9.96. The van der Waals surface area contributed by atoms with Crippen molar-refractivity contribution in [2.75, 3.05) is 12.1 Å². The van der Waals surface area contributed by atoms with Crippen LogP contribution in [0.5, 0.6) is 11.5 Å². The normalized spacial score (nSPS) is 19.2. The molecule has 3 aromatic rings. The summed E-state index contributed by atoms with van der Waals surface area (Å²) < 4.78 is 54.9. The fraction of sp³-hybridized carbons (Fsp3) is 0.381. The maximum atomic E-state index is 13.9. The highest BCUT2D eigenvalue weighted by Crippen LogP contribution is 2.45. The van der Waals surface area contributed by atoms with Crippen LogP contribution in [0.15, 0.2) is 30.5 Å². The molecule has 5 rings (SSSR count). The molecule has 0 fully saturated rings. The number of hydrogen-bond donors (Lipinski definition) is 2. The van der Waals surface area contributed by atoms with Crippen molar-refractivity contribution >= 4 is 11.7 Å². The van der Waals surface area contributed by atoms with E-state index in [0.29, 0.717) is 17.1 Å². The molecular weight excluding hydrogens is 441 g/mol.